The van der Waals surface area contributed by atoms with Gasteiger partial charge in [-0.15, -0.1) is 0 Å². The second-order valence-electron chi connectivity index (χ2n) is 7.01. The highest BCUT2D eigenvalue weighted by Crippen LogP contribution is 2.29. The van der Waals surface area contributed by atoms with Crippen LogP contribution < -0.4 is 5.32 Å². The van der Waals surface area contributed by atoms with Crippen LogP contribution in [0.3, 0.4) is 0 Å². The van der Waals surface area contributed by atoms with Gasteiger partial charge in [0, 0.05) is 25.2 Å². The normalized spacial score (nSPS) is 16.1. The van der Waals surface area contributed by atoms with Crippen molar-refractivity contribution in [2.45, 2.75) is 52.2 Å². The molecule has 0 bridgehead atoms. The first kappa shape index (κ1) is 14.5. The maximum absolute atomic E-state index is 3.59. The summed E-state index contributed by atoms with van der Waals surface area (Å²) in [5.41, 5.74) is 3.06. The highest BCUT2D eigenvalue weighted by atomic mass is 15.1. The van der Waals surface area contributed by atoms with E-state index in [-0.39, 0.29) is 5.54 Å². The van der Waals surface area contributed by atoms with Crippen LogP contribution >= 0.6 is 0 Å². The van der Waals surface area contributed by atoms with Gasteiger partial charge in [0.25, 0.3) is 0 Å². The quantitative estimate of drug-likeness (QED) is 0.843. The maximum Gasteiger partial charge on any atom is 0.0234 e. The summed E-state index contributed by atoms with van der Waals surface area (Å²) >= 11 is 0. The van der Waals surface area contributed by atoms with Gasteiger partial charge in [0.1, 0.15) is 0 Å². The monoisotopic (exact) mass is 260 g/mol. The molecular weight excluding hydrogens is 232 g/mol. The average Bonchev–Trinajstić information content (AvgIpc) is 3.10. The molecule has 1 aliphatic rings. The molecule has 1 aromatic carbocycles. The molecule has 0 spiro atoms. The second kappa shape index (κ2) is 6.06. The lowest BCUT2D eigenvalue weighted by Crippen LogP contribution is -2.35. The van der Waals surface area contributed by atoms with E-state index in [0.29, 0.717) is 0 Å². The van der Waals surface area contributed by atoms with Crippen molar-refractivity contribution >= 4 is 0 Å². The van der Waals surface area contributed by atoms with E-state index >= 15 is 0 Å². The molecule has 1 aliphatic carbocycles. The molecule has 0 saturated heterocycles. The van der Waals surface area contributed by atoms with Crippen LogP contribution in [0.25, 0.3) is 0 Å². The van der Waals surface area contributed by atoms with Crippen LogP contribution in [0.4, 0.5) is 0 Å². The minimum absolute atomic E-state index is 0.174. The van der Waals surface area contributed by atoms with Gasteiger partial charge >= 0.3 is 0 Å². The molecule has 0 heterocycles. The molecule has 1 fully saturated rings. The molecule has 0 atom stereocenters. The van der Waals surface area contributed by atoms with Crippen LogP contribution in [0, 0.1) is 5.92 Å². The van der Waals surface area contributed by atoms with Gasteiger partial charge in [0.05, 0.1) is 0 Å². The molecule has 2 heteroatoms. The number of nitrogens with zero attached hydrogens (tertiary/aromatic N) is 1. The largest absolute Gasteiger partial charge is 0.308 e. The maximum atomic E-state index is 3.59. The lowest BCUT2D eigenvalue weighted by Gasteiger charge is -2.23. The van der Waals surface area contributed by atoms with E-state index in [1.165, 1.54) is 30.5 Å². The SMILES string of the molecule is CN(Cc1ccccc1CNC(C)(C)C)CC1CC1. The zero-order chi connectivity index (χ0) is 13.9. The Hall–Kier alpha value is -0.860. The molecular formula is C17H28N2. The minimum atomic E-state index is 0.174. The molecule has 1 N–H and O–H groups in total. The van der Waals surface area contributed by atoms with Gasteiger partial charge in [-0.25, -0.2) is 0 Å². The predicted molar refractivity (Wildman–Crippen MR) is 82.1 cm³/mol. The highest BCUT2D eigenvalue weighted by molar-refractivity contribution is 5.27. The third kappa shape index (κ3) is 5.33. The second-order valence-corrected chi connectivity index (χ2v) is 7.01. The summed E-state index contributed by atoms with van der Waals surface area (Å²) < 4.78 is 0. The van der Waals surface area contributed by atoms with Crippen molar-refractivity contribution in [3.63, 3.8) is 0 Å². The number of hydrogen-bond donors (Lipinski definition) is 1. The fraction of sp³-hybridized carbons (Fsp3) is 0.647. The summed E-state index contributed by atoms with van der Waals surface area (Å²) in [4.78, 5) is 2.47. The van der Waals surface area contributed by atoms with Gasteiger partial charge in [0.15, 0.2) is 0 Å². The van der Waals surface area contributed by atoms with Crippen LogP contribution in [-0.2, 0) is 13.1 Å². The van der Waals surface area contributed by atoms with Crippen LogP contribution in [0.15, 0.2) is 24.3 Å². The Kier molecular flexibility index (Phi) is 4.64. The van der Waals surface area contributed by atoms with E-state index in [1.807, 2.05) is 0 Å². The molecule has 19 heavy (non-hydrogen) atoms. The van der Waals surface area contributed by atoms with Crippen molar-refractivity contribution in [2.24, 2.45) is 5.92 Å². The van der Waals surface area contributed by atoms with Crippen molar-refractivity contribution in [3.8, 4) is 0 Å². The summed E-state index contributed by atoms with van der Waals surface area (Å²) in [6, 6.07) is 8.81. The van der Waals surface area contributed by atoms with Gasteiger partial charge in [-0.2, -0.15) is 0 Å². The van der Waals surface area contributed by atoms with Crippen LogP contribution in [0.5, 0.6) is 0 Å². The Morgan fingerprint density at radius 3 is 2.37 bits per heavy atom. The van der Waals surface area contributed by atoms with Crippen molar-refractivity contribution in [1.82, 2.24) is 10.2 Å². The molecule has 0 aromatic heterocycles. The Labute approximate surface area is 118 Å². The van der Waals surface area contributed by atoms with Crippen molar-refractivity contribution < 1.29 is 0 Å². The Morgan fingerprint density at radius 2 is 1.79 bits per heavy atom. The minimum Gasteiger partial charge on any atom is -0.308 e. The number of nitrogens with one attached hydrogen (secondary N) is 1. The zero-order valence-corrected chi connectivity index (χ0v) is 12.9. The fourth-order valence-electron chi connectivity index (χ4n) is 2.34. The molecule has 1 aromatic rings. The lowest BCUT2D eigenvalue weighted by molar-refractivity contribution is 0.311. The molecule has 0 amide bonds. The third-order valence-corrected chi connectivity index (χ3v) is 3.63. The van der Waals surface area contributed by atoms with E-state index in [1.54, 1.807) is 0 Å². The lowest BCUT2D eigenvalue weighted by atomic mass is 10.0. The van der Waals surface area contributed by atoms with Crippen LogP contribution in [0.2, 0.25) is 0 Å². The summed E-state index contributed by atoms with van der Waals surface area (Å²) in [7, 11) is 2.24. The van der Waals surface area contributed by atoms with Crippen molar-refractivity contribution in [2.75, 3.05) is 13.6 Å². The topological polar surface area (TPSA) is 15.3 Å². The van der Waals surface area contributed by atoms with Gasteiger partial charge in [0.2, 0.25) is 0 Å². The van der Waals surface area contributed by atoms with E-state index in [4.69, 9.17) is 0 Å². The fourth-order valence-corrected chi connectivity index (χ4v) is 2.34. The summed E-state index contributed by atoms with van der Waals surface area (Å²) in [6.45, 7) is 9.93. The molecule has 2 nitrogen and oxygen atoms in total. The Bertz CT molecular complexity index is 402. The molecule has 0 radical (unpaired) electrons. The van der Waals surface area contributed by atoms with E-state index in [2.05, 4.69) is 62.3 Å². The van der Waals surface area contributed by atoms with Gasteiger partial charge in [-0.1, -0.05) is 24.3 Å². The first-order chi connectivity index (χ1) is 8.94. The molecule has 106 valence electrons. The van der Waals surface area contributed by atoms with E-state index < -0.39 is 0 Å². The van der Waals surface area contributed by atoms with E-state index in [9.17, 15) is 0 Å². The molecule has 1 saturated carbocycles. The van der Waals surface area contributed by atoms with Gasteiger partial charge < -0.3 is 10.2 Å². The Morgan fingerprint density at radius 1 is 1.16 bits per heavy atom. The van der Waals surface area contributed by atoms with Crippen molar-refractivity contribution in [1.29, 1.82) is 0 Å². The summed E-state index contributed by atoms with van der Waals surface area (Å²) in [5, 5.41) is 3.59. The molecule has 0 aliphatic heterocycles. The number of hydrogen-bond acceptors (Lipinski definition) is 2. The first-order valence-electron chi connectivity index (χ1n) is 7.44. The zero-order valence-electron chi connectivity index (χ0n) is 12.9. The highest BCUT2D eigenvalue weighted by Gasteiger charge is 2.23. The van der Waals surface area contributed by atoms with Crippen LogP contribution in [0.1, 0.15) is 44.7 Å². The van der Waals surface area contributed by atoms with Crippen LogP contribution in [-0.4, -0.2) is 24.0 Å². The Balaban J connectivity index is 1.94. The predicted octanol–water partition coefficient (Wildman–Crippen LogP) is 3.42. The number of rotatable bonds is 6. The summed E-state index contributed by atoms with van der Waals surface area (Å²) in [5.74, 6) is 0.963. The van der Waals surface area contributed by atoms with Gasteiger partial charge in [-0.05, 0) is 57.7 Å². The van der Waals surface area contributed by atoms with Gasteiger partial charge in [-0.3, -0.25) is 0 Å². The third-order valence-electron chi connectivity index (χ3n) is 3.63. The molecule has 0 unspecified atom stereocenters. The van der Waals surface area contributed by atoms with Crippen molar-refractivity contribution in [3.05, 3.63) is 35.4 Å². The molecule has 2 rings (SSSR count). The van der Waals surface area contributed by atoms with E-state index in [0.717, 1.165) is 19.0 Å². The number of benzene rings is 1. The first-order valence-corrected chi connectivity index (χ1v) is 7.44. The summed E-state index contributed by atoms with van der Waals surface area (Å²) in [6.07, 6.45) is 2.86. The standard InChI is InChI=1S/C17H28N2/c1-17(2,3)18-11-15-7-5-6-8-16(15)13-19(4)12-14-9-10-14/h5-8,14,18H,9-13H2,1-4H3. The average molecular weight is 260 g/mol. The smallest absolute Gasteiger partial charge is 0.0234 e.